The third-order valence-corrected chi connectivity index (χ3v) is 3.92. The molecule has 1 saturated heterocycles. The van der Waals surface area contributed by atoms with Crippen molar-refractivity contribution >= 4 is 18.6 Å². The topological polar surface area (TPSA) is 29.5 Å². The maximum Gasteiger partial charge on any atom is 0.323 e. The zero-order valence-electron chi connectivity index (χ0n) is 12.4. The van der Waals surface area contributed by atoms with Crippen LogP contribution in [0.4, 0.5) is 0 Å². The molecule has 110 valence electrons. The van der Waals surface area contributed by atoms with E-state index < -0.39 is 5.60 Å². The molecule has 0 saturated carbocycles. The molecule has 1 aromatic carbocycles. The maximum atomic E-state index is 12.3. The molecule has 0 N–H and O–H groups in total. The molecule has 2 rings (SSSR count). The van der Waals surface area contributed by atoms with E-state index in [0.717, 1.165) is 19.4 Å². The highest BCUT2D eigenvalue weighted by Crippen LogP contribution is 2.30. The molecule has 20 heavy (non-hydrogen) atoms. The van der Waals surface area contributed by atoms with E-state index in [1.807, 2.05) is 39.0 Å². The minimum atomic E-state index is -0.440. The number of hydrogen-bond acceptors (Lipinski definition) is 4. The fourth-order valence-electron chi connectivity index (χ4n) is 2.48. The van der Waals surface area contributed by atoms with Gasteiger partial charge in [0.1, 0.15) is 11.6 Å². The van der Waals surface area contributed by atoms with Gasteiger partial charge in [-0.05, 0) is 39.2 Å². The average Bonchev–Trinajstić information content (AvgIpc) is 2.70. The minimum absolute atomic E-state index is 0.118. The summed E-state index contributed by atoms with van der Waals surface area (Å²) in [6.45, 7) is 6.44. The molecule has 0 aromatic heterocycles. The molecule has 0 bridgehead atoms. The number of carbonyl (C=O) groups excluding carboxylic acids is 1. The molecular formula is C16H23NO2S. The second kappa shape index (κ2) is 6.19. The minimum Gasteiger partial charge on any atom is -0.459 e. The van der Waals surface area contributed by atoms with Gasteiger partial charge in [-0.2, -0.15) is 12.6 Å². The Kier molecular flexibility index (Phi) is 4.76. The number of esters is 1. The lowest BCUT2D eigenvalue weighted by Crippen LogP contribution is -2.42. The summed E-state index contributed by atoms with van der Waals surface area (Å²) in [6.07, 6.45) is 1.73. The molecule has 0 aliphatic carbocycles. The lowest BCUT2D eigenvalue weighted by atomic mass is 10.1. The van der Waals surface area contributed by atoms with Crippen LogP contribution in [0.25, 0.3) is 0 Å². The van der Waals surface area contributed by atoms with E-state index in [1.54, 1.807) is 0 Å². The van der Waals surface area contributed by atoms with Crippen LogP contribution in [0.5, 0.6) is 0 Å². The largest absolute Gasteiger partial charge is 0.459 e. The molecule has 1 aromatic rings. The Balaban J connectivity index is 2.07. The van der Waals surface area contributed by atoms with Crippen LogP contribution >= 0.6 is 12.6 Å². The van der Waals surface area contributed by atoms with Crippen molar-refractivity contribution in [2.75, 3.05) is 0 Å². The van der Waals surface area contributed by atoms with E-state index in [-0.39, 0.29) is 17.4 Å². The molecule has 0 amide bonds. The first-order chi connectivity index (χ1) is 9.37. The van der Waals surface area contributed by atoms with Crippen LogP contribution in [0.1, 0.15) is 39.2 Å². The molecule has 1 fully saturated rings. The number of benzene rings is 1. The monoisotopic (exact) mass is 293 g/mol. The molecule has 3 nitrogen and oxygen atoms in total. The second-order valence-electron chi connectivity index (χ2n) is 6.27. The van der Waals surface area contributed by atoms with Crippen LogP contribution in [-0.2, 0) is 16.1 Å². The number of likely N-dealkylation sites (tertiary alicyclic amines) is 1. The third kappa shape index (κ3) is 4.00. The predicted molar refractivity (Wildman–Crippen MR) is 83.6 cm³/mol. The predicted octanol–water partition coefficient (Wildman–Crippen LogP) is 3.25. The lowest BCUT2D eigenvalue weighted by molar-refractivity contribution is -0.160. The average molecular weight is 293 g/mol. The summed E-state index contributed by atoms with van der Waals surface area (Å²) < 4.78 is 5.52. The summed E-state index contributed by atoms with van der Waals surface area (Å²) in [5, 5.41) is 0.118. The smallest absolute Gasteiger partial charge is 0.323 e. The highest BCUT2D eigenvalue weighted by atomic mass is 32.1. The normalized spacial score (nSPS) is 23.8. The van der Waals surface area contributed by atoms with E-state index in [1.165, 1.54) is 5.56 Å². The Morgan fingerprint density at radius 1 is 1.30 bits per heavy atom. The molecule has 1 aliphatic rings. The van der Waals surface area contributed by atoms with Gasteiger partial charge in [0.25, 0.3) is 0 Å². The molecule has 1 unspecified atom stereocenters. The third-order valence-electron chi connectivity index (χ3n) is 3.37. The first kappa shape index (κ1) is 15.4. The van der Waals surface area contributed by atoms with Gasteiger partial charge in [0.15, 0.2) is 0 Å². The highest BCUT2D eigenvalue weighted by molar-refractivity contribution is 7.80. The maximum absolute atomic E-state index is 12.3. The number of hydrogen-bond donors (Lipinski definition) is 1. The van der Waals surface area contributed by atoms with Gasteiger partial charge in [0, 0.05) is 6.54 Å². The van der Waals surface area contributed by atoms with Gasteiger partial charge in [-0.25, -0.2) is 0 Å². The van der Waals surface area contributed by atoms with E-state index in [9.17, 15) is 4.79 Å². The van der Waals surface area contributed by atoms with E-state index in [4.69, 9.17) is 4.74 Å². The summed E-state index contributed by atoms with van der Waals surface area (Å²) in [7, 11) is 0. The Hall–Kier alpha value is -1.00. The Labute approximate surface area is 126 Å². The van der Waals surface area contributed by atoms with Crippen molar-refractivity contribution in [3.63, 3.8) is 0 Å². The van der Waals surface area contributed by atoms with Gasteiger partial charge in [-0.15, -0.1) is 0 Å². The zero-order chi connectivity index (χ0) is 14.8. The molecule has 0 radical (unpaired) electrons. The fraction of sp³-hybridized carbons (Fsp3) is 0.562. The Bertz CT molecular complexity index is 455. The SMILES string of the molecule is CC(C)(C)OC(=O)C1CC[C@H](S)N1Cc1ccccc1. The van der Waals surface area contributed by atoms with Crippen LogP contribution in [-0.4, -0.2) is 27.9 Å². The number of carbonyl (C=O) groups is 1. The first-order valence-corrected chi connectivity index (χ1v) is 7.59. The standard InChI is InChI=1S/C16H23NO2S/c1-16(2,3)19-15(18)13-9-10-14(20)17(13)11-12-7-5-4-6-8-12/h4-8,13-14,20H,9-11H2,1-3H3/t13?,14-/m0/s1. The number of rotatable bonds is 3. The van der Waals surface area contributed by atoms with Crippen molar-refractivity contribution in [3.05, 3.63) is 35.9 Å². The van der Waals surface area contributed by atoms with Crippen LogP contribution in [0.15, 0.2) is 30.3 Å². The van der Waals surface area contributed by atoms with Crippen LogP contribution in [0.3, 0.4) is 0 Å². The second-order valence-corrected chi connectivity index (χ2v) is 6.86. The summed E-state index contributed by atoms with van der Waals surface area (Å²) >= 11 is 4.60. The van der Waals surface area contributed by atoms with Crippen molar-refractivity contribution in [1.29, 1.82) is 0 Å². The van der Waals surface area contributed by atoms with Crippen molar-refractivity contribution in [2.24, 2.45) is 0 Å². The van der Waals surface area contributed by atoms with Gasteiger partial charge in [-0.3, -0.25) is 9.69 Å². The van der Waals surface area contributed by atoms with Crippen molar-refractivity contribution in [1.82, 2.24) is 4.90 Å². The first-order valence-electron chi connectivity index (χ1n) is 7.07. The number of thiol groups is 1. The van der Waals surface area contributed by atoms with Crippen molar-refractivity contribution < 1.29 is 9.53 Å². The molecule has 0 spiro atoms. The van der Waals surface area contributed by atoms with E-state index in [0.29, 0.717) is 0 Å². The molecule has 1 heterocycles. The Morgan fingerprint density at radius 2 is 1.95 bits per heavy atom. The van der Waals surface area contributed by atoms with Crippen molar-refractivity contribution in [3.8, 4) is 0 Å². The molecule has 2 atom stereocenters. The fourth-order valence-corrected chi connectivity index (χ4v) is 2.87. The van der Waals surface area contributed by atoms with Gasteiger partial charge in [0.05, 0.1) is 5.37 Å². The lowest BCUT2D eigenvalue weighted by Gasteiger charge is -2.29. The molecule has 4 heteroatoms. The summed E-state index contributed by atoms with van der Waals surface area (Å²) in [6, 6.07) is 9.99. The number of ether oxygens (including phenoxy) is 1. The van der Waals surface area contributed by atoms with E-state index in [2.05, 4.69) is 29.7 Å². The highest BCUT2D eigenvalue weighted by Gasteiger charge is 2.38. The van der Waals surface area contributed by atoms with Crippen LogP contribution < -0.4 is 0 Å². The van der Waals surface area contributed by atoms with Gasteiger partial charge in [0.2, 0.25) is 0 Å². The molecular weight excluding hydrogens is 270 g/mol. The van der Waals surface area contributed by atoms with E-state index >= 15 is 0 Å². The van der Waals surface area contributed by atoms with Gasteiger partial charge in [-0.1, -0.05) is 30.3 Å². The zero-order valence-corrected chi connectivity index (χ0v) is 13.3. The summed E-state index contributed by atoms with van der Waals surface area (Å²) in [5.41, 5.74) is 0.756. The summed E-state index contributed by atoms with van der Waals surface area (Å²) in [5.74, 6) is -0.134. The quantitative estimate of drug-likeness (QED) is 0.685. The summed E-state index contributed by atoms with van der Waals surface area (Å²) in [4.78, 5) is 14.4. The van der Waals surface area contributed by atoms with Crippen LogP contribution in [0.2, 0.25) is 0 Å². The van der Waals surface area contributed by atoms with Crippen LogP contribution in [0, 0.1) is 0 Å². The Morgan fingerprint density at radius 3 is 2.55 bits per heavy atom. The van der Waals surface area contributed by atoms with Crippen molar-refractivity contribution in [2.45, 2.75) is 57.2 Å². The molecule has 1 aliphatic heterocycles. The number of nitrogens with zero attached hydrogens (tertiary/aromatic N) is 1. The van der Waals surface area contributed by atoms with Gasteiger partial charge < -0.3 is 4.74 Å². The van der Waals surface area contributed by atoms with Gasteiger partial charge >= 0.3 is 5.97 Å².